The Hall–Kier alpha value is -3.19. The lowest BCUT2D eigenvalue weighted by Crippen LogP contribution is -2.51. The first-order valence-electron chi connectivity index (χ1n) is 9.41. The second kappa shape index (κ2) is 7.82. The molecular weight excluding hydrogens is 352 g/mol. The van der Waals surface area contributed by atoms with Gasteiger partial charge in [0.15, 0.2) is 0 Å². The highest BCUT2D eigenvalue weighted by molar-refractivity contribution is 6.00. The minimum Gasteiger partial charge on any atom is -0.367 e. The van der Waals surface area contributed by atoms with Gasteiger partial charge in [0.1, 0.15) is 18.2 Å². The van der Waals surface area contributed by atoms with Crippen LogP contribution in [0.5, 0.6) is 0 Å². The monoisotopic (exact) mass is 372 g/mol. The number of rotatable bonds is 2. The summed E-state index contributed by atoms with van der Waals surface area (Å²) in [5.41, 5.74) is 3.70. The molecule has 1 amide bonds. The fraction of sp³-hybridized carbons (Fsp3) is 0.318. The maximum Gasteiger partial charge on any atom is 0.258 e. The Morgan fingerprint density at radius 1 is 1.18 bits per heavy atom. The van der Waals surface area contributed by atoms with Crippen molar-refractivity contribution >= 4 is 11.6 Å². The molecule has 1 saturated heterocycles. The van der Waals surface area contributed by atoms with Crippen molar-refractivity contribution in [2.75, 3.05) is 24.6 Å². The number of benzene rings is 2. The van der Waals surface area contributed by atoms with Gasteiger partial charge < -0.3 is 10.1 Å². The van der Waals surface area contributed by atoms with Gasteiger partial charge in [0.05, 0.1) is 17.3 Å². The molecule has 6 nitrogen and oxygen atoms in total. The average molecular weight is 372 g/mol. The Balaban J connectivity index is 1.78. The number of carbonyl (C=O) groups excluding carboxylic acids is 1. The first-order chi connectivity index (χ1) is 13.7. The highest BCUT2D eigenvalue weighted by Crippen LogP contribution is 2.39. The van der Waals surface area contributed by atoms with Gasteiger partial charge in [0.25, 0.3) is 5.91 Å². The third-order valence-electron chi connectivity index (χ3n) is 5.26. The minimum absolute atomic E-state index is 0.268. The van der Waals surface area contributed by atoms with E-state index in [1.54, 1.807) is 6.07 Å². The molecule has 4 rings (SSSR count). The summed E-state index contributed by atoms with van der Waals surface area (Å²) in [4.78, 5) is 14.7. The largest absolute Gasteiger partial charge is 0.367 e. The number of fused-ring (bicyclic) bond motifs is 2. The molecule has 140 valence electrons. The number of nitrogens with one attached hydrogen (secondary N) is 1. The number of nitriles is 2. The quantitative estimate of drug-likeness (QED) is 0.874. The summed E-state index contributed by atoms with van der Waals surface area (Å²) in [6.45, 7) is 1.70. The number of nitrogens with zero attached hydrogens (tertiary/aromatic N) is 3. The van der Waals surface area contributed by atoms with Crippen molar-refractivity contribution < 1.29 is 9.53 Å². The Labute approximate surface area is 163 Å². The van der Waals surface area contributed by atoms with Crippen LogP contribution in [0.25, 0.3) is 11.1 Å². The molecule has 2 aromatic carbocycles. The standard InChI is InChI=1S/C22H20N4O2/c23-12-16-11-18-17(15-5-2-1-3-6-15)7-8-20(19(18)13-24)26(16)22(27)21-14-25-9-4-10-28-21/h1-3,5-8,16,21,25H,4,9-11,14H2/t16-,21+/m0/s1. The maximum absolute atomic E-state index is 13.2. The second-order valence-corrected chi connectivity index (χ2v) is 6.94. The summed E-state index contributed by atoms with van der Waals surface area (Å²) >= 11 is 0. The second-order valence-electron chi connectivity index (χ2n) is 6.94. The summed E-state index contributed by atoms with van der Waals surface area (Å²) in [6, 6.07) is 17.3. The van der Waals surface area contributed by atoms with Crippen LogP contribution in [0.1, 0.15) is 17.5 Å². The number of amides is 1. The lowest BCUT2D eigenvalue weighted by Gasteiger charge is -2.36. The molecule has 0 spiro atoms. The van der Waals surface area contributed by atoms with Gasteiger partial charge >= 0.3 is 0 Å². The van der Waals surface area contributed by atoms with Crippen LogP contribution in [-0.4, -0.2) is 37.7 Å². The van der Waals surface area contributed by atoms with Crippen molar-refractivity contribution in [3.05, 3.63) is 53.6 Å². The van der Waals surface area contributed by atoms with E-state index in [-0.39, 0.29) is 5.91 Å². The fourth-order valence-corrected chi connectivity index (χ4v) is 3.92. The highest BCUT2D eigenvalue weighted by Gasteiger charge is 2.38. The Kier molecular flexibility index (Phi) is 5.08. The van der Waals surface area contributed by atoms with E-state index in [1.165, 1.54) is 4.90 Å². The molecule has 2 aliphatic rings. The first-order valence-corrected chi connectivity index (χ1v) is 9.41. The summed E-state index contributed by atoms with van der Waals surface area (Å²) in [5.74, 6) is -0.268. The van der Waals surface area contributed by atoms with Crippen molar-refractivity contribution in [1.82, 2.24) is 5.32 Å². The molecule has 0 aliphatic carbocycles. The lowest BCUT2D eigenvalue weighted by atomic mass is 9.86. The topological polar surface area (TPSA) is 89.2 Å². The van der Waals surface area contributed by atoms with Crippen molar-refractivity contribution in [2.45, 2.75) is 25.0 Å². The fourth-order valence-electron chi connectivity index (χ4n) is 3.92. The van der Waals surface area contributed by atoms with E-state index in [2.05, 4.69) is 17.5 Å². The van der Waals surface area contributed by atoms with Crippen molar-refractivity contribution in [3.8, 4) is 23.3 Å². The van der Waals surface area contributed by atoms with Gasteiger partial charge in [-0.15, -0.1) is 0 Å². The SMILES string of the molecule is N#Cc1c2ccc(-c3ccccc3)c1C[C@@H](C#N)N2C(=O)[C@H]1CNCCCO1. The van der Waals surface area contributed by atoms with Gasteiger partial charge in [-0.2, -0.15) is 10.5 Å². The van der Waals surface area contributed by atoms with Crippen LogP contribution >= 0.6 is 0 Å². The molecule has 2 heterocycles. The zero-order chi connectivity index (χ0) is 19.5. The molecule has 1 fully saturated rings. The van der Waals surface area contributed by atoms with E-state index in [9.17, 15) is 15.3 Å². The van der Waals surface area contributed by atoms with Crippen LogP contribution in [0.4, 0.5) is 5.69 Å². The number of ether oxygens (including phenoxy) is 1. The molecule has 28 heavy (non-hydrogen) atoms. The third kappa shape index (κ3) is 3.14. The molecule has 0 aromatic heterocycles. The Bertz CT molecular complexity index is 967. The van der Waals surface area contributed by atoms with Crippen molar-refractivity contribution in [1.29, 1.82) is 10.5 Å². The molecule has 2 aromatic rings. The lowest BCUT2D eigenvalue weighted by molar-refractivity contribution is -0.129. The summed E-state index contributed by atoms with van der Waals surface area (Å²) < 4.78 is 5.70. The van der Waals surface area contributed by atoms with E-state index in [4.69, 9.17) is 4.74 Å². The number of carbonyl (C=O) groups is 1. The molecular formula is C22H20N4O2. The summed E-state index contributed by atoms with van der Waals surface area (Å²) in [7, 11) is 0. The molecule has 1 N–H and O–H groups in total. The third-order valence-corrected chi connectivity index (χ3v) is 5.26. The van der Waals surface area contributed by atoms with Gasteiger partial charge in [-0.1, -0.05) is 36.4 Å². The van der Waals surface area contributed by atoms with Crippen LogP contribution in [0, 0.1) is 22.7 Å². The van der Waals surface area contributed by atoms with Gasteiger partial charge in [-0.05, 0) is 35.7 Å². The van der Waals surface area contributed by atoms with Gasteiger partial charge in [0, 0.05) is 19.6 Å². The van der Waals surface area contributed by atoms with Crippen LogP contribution in [0.15, 0.2) is 42.5 Å². The molecule has 0 saturated carbocycles. The van der Waals surface area contributed by atoms with E-state index < -0.39 is 12.1 Å². The van der Waals surface area contributed by atoms with Crippen LogP contribution in [0.3, 0.4) is 0 Å². The summed E-state index contributed by atoms with van der Waals surface area (Å²) in [5, 5.41) is 22.8. The maximum atomic E-state index is 13.2. The van der Waals surface area contributed by atoms with E-state index >= 15 is 0 Å². The van der Waals surface area contributed by atoms with E-state index in [0.29, 0.717) is 30.8 Å². The van der Waals surface area contributed by atoms with E-state index in [1.807, 2.05) is 36.4 Å². The van der Waals surface area contributed by atoms with Gasteiger partial charge in [0.2, 0.25) is 0 Å². The molecule has 2 bridgehead atoms. The summed E-state index contributed by atoms with van der Waals surface area (Å²) in [6.07, 6.45) is 0.508. The molecule has 2 aliphatic heterocycles. The van der Waals surface area contributed by atoms with Crippen LogP contribution in [0.2, 0.25) is 0 Å². The van der Waals surface area contributed by atoms with Crippen molar-refractivity contribution in [2.24, 2.45) is 0 Å². The molecule has 0 radical (unpaired) electrons. The number of anilines is 1. The van der Waals surface area contributed by atoms with Gasteiger partial charge in [-0.25, -0.2) is 0 Å². The normalized spacial score (nSPS) is 21.3. The van der Waals surface area contributed by atoms with Crippen LogP contribution < -0.4 is 10.2 Å². The number of hydrogen-bond donors (Lipinski definition) is 1. The van der Waals surface area contributed by atoms with Crippen LogP contribution in [-0.2, 0) is 16.0 Å². The molecule has 0 unspecified atom stereocenters. The smallest absolute Gasteiger partial charge is 0.258 e. The average Bonchev–Trinajstić information content (AvgIpc) is 3.02. The number of hydrogen-bond acceptors (Lipinski definition) is 5. The molecule has 2 atom stereocenters. The predicted molar refractivity (Wildman–Crippen MR) is 104 cm³/mol. The zero-order valence-corrected chi connectivity index (χ0v) is 15.4. The minimum atomic E-state index is -0.662. The van der Waals surface area contributed by atoms with Crippen molar-refractivity contribution in [3.63, 3.8) is 0 Å². The molecule has 6 heteroatoms. The Morgan fingerprint density at radius 3 is 2.75 bits per heavy atom. The van der Waals surface area contributed by atoms with E-state index in [0.717, 1.165) is 29.7 Å². The van der Waals surface area contributed by atoms with Gasteiger partial charge in [-0.3, -0.25) is 9.69 Å². The highest BCUT2D eigenvalue weighted by atomic mass is 16.5. The predicted octanol–water partition coefficient (Wildman–Crippen LogP) is 2.39. The zero-order valence-electron chi connectivity index (χ0n) is 15.4. The Morgan fingerprint density at radius 2 is 2.00 bits per heavy atom. The first kappa shape index (κ1) is 18.2.